The summed E-state index contributed by atoms with van der Waals surface area (Å²) in [4.78, 5) is 14.6. The number of aromatic nitrogens is 2. The lowest BCUT2D eigenvalue weighted by molar-refractivity contribution is 0.0574. The molecular formula is C16H21N3O2. The van der Waals surface area contributed by atoms with E-state index in [4.69, 9.17) is 4.52 Å². The van der Waals surface area contributed by atoms with E-state index >= 15 is 0 Å². The average Bonchev–Trinajstić information content (AvgIpc) is 3.12. The minimum atomic E-state index is -0.0563. The SMILES string of the molecule is CCc1cc(C(=O)N2CCn3c(C)ccc3C2CC)on1. The van der Waals surface area contributed by atoms with E-state index in [-0.39, 0.29) is 11.9 Å². The predicted octanol–water partition coefficient (Wildman–Crippen LogP) is 2.95. The van der Waals surface area contributed by atoms with Gasteiger partial charge in [0, 0.05) is 30.5 Å². The molecular weight excluding hydrogens is 266 g/mol. The first-order chi connectivity index (χ1) is 10.2. The highest BCUT2D eigenvalue weighted by Crippen LogP contribution is 2.31. The van der Waals surface area contributed by atoms with Gasteiger partial charge in [-0.1, -0.05) is 19.0 Å². The van der Waals surface area contributed by atoms with Gasteiger partial charge in [0.25, 0.3) is 5.91 Å². The monoisotopic (exact) mass is 287 g/mol. The first kappa shape index (κ1) is 13.9. The van der Waals surface area contributed by atoms with E-state index in [1.807, 2.05) is 11.8 Å². The van der Waals surface area contributed by atoms with Gasteiger partial charge in [0.05, 0.1) is 11.7 Å². The molecule has 1 unspecified atom stereocenters. The van der Waals surface area contributed by atoms with Gasteiger partial charge < -0.3 is 14.0 Å². The number of carbonyl (C=O) groups is 1. The van der Waals surface area contributed by atoms with Gasteiger partial charge in [-0.15, -0.1) is 0 Å². The van der Waals surface area contributed by atoms with Crippen molar-refractivity contribution in [1.82, 2.24) is 14.6 Å². The molecule has 5 heteroatoms. The molecule has 1 amide bonds. The topological polar surface area (TPSA) is 51.3 Å². The van der Waals surface area contributed by atoms with Gasteiger partial charge in [-0.05, 0) is 31.9 Å². The highest BCUT2D eigenvalue weighted by Gasteiger charge is 2.32. The normalized spacial score (nSPS) is 17.9. The van der Waals surface area contributed by atoms with Gasteiger partial charge >= 0.3 is 0 Å². The van der Waals surface area contributed by atoms with Gasteiger partial charge in [-0.3, -0.25) is 4.79 Å². The van der Waals surface area contributed by atoms with Crippen molar-refractivity contribution in [3.05, 3.63) is 41.0 Å². The average molecular weight is 287 g/mol. The molecule has 3 heterocycles. The molecule has 0 radical (unpaired) electrons. The van der Waals surface area contributed by atoms with Crippen LogP contribution in [0.2, 0.25) is 0 Å². The Morgan fingerprint density at radius 2 is 2.19 bits per heavy atom. The maximum atomic E-state index is 12.7. The van der Waals surface area contributed by atoms with Crippen LogP contribution in [0.25, 0.3) is 0 Å². The van der Waals surface area contributed by atoms with Crippen molar-refractivity contribution in [3.8, 4) is 0 Å². The molecule has 3 rings (SSSR count). The number of hydrogen-bond donors (Lipinski definition) is 0. The van der Waals surface area contributed by atoms with E-state index in [2.05, 4.69) is 35.7 Å². The van der Waals surface area contributed by atoms with E-state index in [1.165, 1.54) is 11.4 Å². The molecule has 1 atom stereocenters. The number of rotatable bonds is 3. The van der Waals surface area contributed by atoms with Crippen LogP contribution in [0.5, 0.6) is 0 Å². The molecule has 0 saturated heterocycles. The van der Waals surface area contributed by atoms with Crippen LogP contribution >= 0.6 is 0 Å². The van der Waals surface area contributed by atoms with E-state index in [1.54, 1.807) is 6.07 Å². The summed E-state index contributed by atoms with van der Waals surface area (Å²) in [5, 5.41) is 3.92. The van der Waals surface area contributed by atoms with Crippen molar-refractivity contribution in [3.63, 3.8) is 0 Å². The molecule has 0 spiro atoms. The quantitative estimate of drug-likeness (QED) is 0.872. The standard InChI is InChI=1S/C16H21N3O2/c1-4-12-10-15(21-17-12)16(20)19-9-8-18-11(3)6-7-14(18)13(19)5-2/h6-7,10,13H,4-5,8-9H2,1-3H3. The zero-order valence-corrected chi connectivity index (χ0v) is 12.8. The summed E-state index contributed by atoms with van der Waals surface area (Å²) in [6, 6.07) is 6.11. The summed E-state index contributed by atoms with van der Waals surface area (Å²) in [7, 11) is 0. The summed E-state index contributed by atoms with van der Waals surface area (Å²) in [6.45, 7) is 7.77. The molecule has 0 aromatic carbocycles. The van der Waals surface area contributed by atoms with Gasteiger partial charge in [0.2, 0.25) is 5.76 Å². The number of aryl methyl sites for hydroxylation is 2. The van der Waals surface area contributed by atoms with E-state index in [0.717, 1.165) is 25.1 Å². The zero-order valence-electron chi connectivity index (χ0n) is 12.8. The zero-order chi connectivity index (χ0) is 15.0. The Bertz CT molecular complexity index is 656. The number of amides is 1. The Kier molecular flexibility index (Phi) is 3.57. The minimum Gasteiger partial charge on any atom is -0.351 e. The van der Waals surface area contributed by atoms with Crippen molar-refractivity contribution >= 4 is 5.91 Å². The summed E-state index contributed by atoms with van der Waals surface area (Å²) in [5.74, 6) is 0.293. The molecule has 2 aromatic rings. The molecule has 0 bridgehead atoms. The fraction of sp³-hybridized carbons (Fsp3) is 0.500. The van der Waals surface area contributed by atoms with Crippen molar-refractivity contribution in [2.24, 2.45) is 0 Å². The third kappa shape index (κ3) is 2.26. The predicted molar refractivity (Wildman–Crippen MR) is 79.1 cm³/mol. The first-order valence-electron chi connectivity index (χ1n) is 7.58. The Labute approximate surface area is 124 Å². The smallest absolute Gasteiger partial charge is 0.293 e. The summed E-state index contributed by atoms with van der Waals surface area (Å²) < 4.78 is 7.51. The molecule has 21 heavy (non-hydrogen) atoms. The second-order valence-electron chi connectivity index (χ2n) is 5.51. The van der Waals surface area contributed by atoms with Crippen molar-refractivity contribution in [2.75, 3.05) is 6.54 Å². The molecule has 112 valence electrons. The van der Waals surface area contributed by atoms with E-state index < -0.39 is 0 Å². The Balaban J connectivity index is 1.90. The molecule has 1 aliphatic rings. The van der Waals surface area contributed by atoms with Gasteiger partial charge in [0.15, 0.2) is 0 Å². The molecule has 0 fully saturated rings. The number of fused-ring (bicyclic) bond motifs is 1. The van der Waals surface area contributed by atoms with Crippen LogP contribution in [0.1, 0.15) is 53.9 Å². The Morgan fingerprint density at radius 1 is 1.38 bits per heavy atom. The maximum Gasteiger partial charge on any atom is 0.293 e. The van der Waals surface area contributed by atoms with Crippen LogP contribution in [0, 0.1) is 6.92 Å². The number of nitrogens with zero attached hydrogens (tertiary/aromatic N) is 3. The van der Waals surface area contributed by atoms with Crippen LogP contribution in [0.4, 0.5) is 0 Å². The number of carbonyl (C=O) groups excluding carboxylic acids is 1. The van der Waals surface area contributed by atoms with Crippen molar-refractivity contribution < 1.29 is 9.32 Å². The number of hydrogen-bond acceptors (Lipinski definition) is 3. The van der Waals surface area contributed by atoms with Crippen molar-refractivity contribution in [1.29, 1.82) is 0 Å². The van der Waals surface area contributed by atoms with Gasteiger partial charge in [-0.2, -0.15) is 0 Å². The van der Waals surface area contributed by atoms with Crippen LogP contribution in [-0.2, 0) is 13.0 Å². The Morgan fingerprint density at radius 3 is 2.86 bits per heavy atom. The largest absolute Gasteiger partial charge is 0.351 e. The first-order valence-corrected chi connectivity index (χ1v) is 7.58. The van der Waals surface area contributed by atoms with E-state index in [9.17, 15) is 4.79 Å². The summed E-state index contributed by atoms with van der Waals surface area (Å²) >= 11 is 0. The Hall–Kier alpha value is -2.04. The summed E-state index contributed by atoms with van der Waals surface area (Å²) in [6.07, 6.45) is 1.67. The second-order valence-corrected chi connectivity index (χ2v) is 5.51. The van der Waals surface area contributed by atoms with E-state index in [0.29, 0.717) is 12.3 Å². The van der Waals surface area contributed by atoms with Crippen molar-refractivity contribution in [2.45, 2.75) is 46.2 Å². The van der Waals surface area contributed by atoms with Crippen LogP contribution in [-0.4, -0.2) is 27.1 Å². The molecule has 1 aliphatic heterocycles. The lowest BCUT2D eigenvalue weighted by Crippen LogP contribution is -2.41. The fourth-order valence-corrected chi connectivity index (χ4v) is 3.10. The van der Waals surface area contributed by atoms with Gasteiger partial charge in [0.1, 0.15) is 0 Å². The third-order valence-electron chi connectivity index (χ3n) is 4.29. The van der Waals surface area contributed by atoms with Crippen LogP contribution in [0.15, 0.2) is 22.7 Å². The highest BCUT2D eigenvalue weighted by molar-refractivity contribution is 5.91. The maximum absolute atomic E-state index is 12.7. The highest BCUT2D eigenvalue weighted by atomic mass is 16.5. The van der Waals surface area contributed by atoms with Crippen LogP contribution in [0.3, 0.4) is 0 Å². The summed E-state index contributed by atoms with van der Waals surface area (Å²) in [5.41, 5.74) is 3.29. The second kappa shape index (κ2) is 5.39. The molecule has 0 saturated carbocycles. The fourth-order valence-electron chi connectivity index (χ4n) is 3.10. The lowest BCUT2D eigenvalue weighted by Gasteiger charge is -2.36. The molecule has 0 N–H and O–H groups in total. The lowest BCUT2D eigenvalue weighted by atomic mass is 10.1. The van der Waals surface area contributed by atoms with Crippen LogP contribution < -0.4 is 0 Å². The molecule has 0 aliphatic carbocycles. The third-order valence-corrected chi connectivity index (χ3v) is 4.29. The minimum absolute atomic E-state index is 0.0563. The van der Waals surface area contributed by atoms with Gasteiger partial charge in [-0.25, -0.2) is 0 Å². The molecule has 2 aromatic heterocycles. The molecule has 5 nitrogen and oxygen atoms in total.